The van der Waals surface area contributed by atoms with Crippen molar-refractivity contribution in [2.24, 2.45) is 7.05 Å². The van der Waals surface area contributed by atoms with Crippen LogP contribution in [0.1, 0.15) is 31.9 Å². The Balaban J connectivity index is 1.76. The number of halogens is 3. The fourth-order valence-electron chi connectivity index (χ4n) is 4.20. The lowest BCUT2D eigenvalue weighted by Gasteiger charge is -2.40. The summed E-state index contributed by atoms with van der Waals surface area (Å²) in [4.78, 5) is 14.1. The molecule has 2 atom stereocenters. The van der Waals surface area contributed by atoms with Crippen molar-refractivity contribution in [1.29, 1.82) is 0 Å². The van der Waals surface area contributed by atoms with Gasteiger partial charge >= 0.3 is 6.36 Å². The summed E-state index contributed by atoms with van der Waals surface area (Å²) in [5, 5.41) is 7.65. The van der Waals surface area contributed by atoms with Crippen molar-refractivity contribution in [3.63, 3.8) is 0 Å². The van der Waals surface area contributed by atoms with Crippen molar-refractivity contribution >= 4 is 17.3 Å². The summed E-state index contributed by atoms with van der Waals surface area (Å²) in [6, 6.07) is 13.0. The van der Waals surface area contributed by atoms with Gasteiger partial charge in [0.2, 0.25) is 5.91 Å². The molecule has 0 saturated carbocycles. The standard InChI is InChI=1S/C23H23F3N4O2/c1-14-12-20(27-19-6-4-5-7-22(19)32-23(24,25)26)17-13-16(18-10-11-29(3)28-18)8-9-21(17)30(14)15(2)31/h4-11,13-14,20,27H,12H2,1-3H3/t14-,20+/m0/s1. The number of rotatable bonds is 4. The monoisotopic (exact) mass is 444 g/mol. The van der Waals surface area contributed by atoms with E-state index in [1.165, 1.54) is 19.1 Å². The molecule has 1 aliphatic rings. The van der Waals surface area contributed by atoms with Crippen LogP contribution in [0.5, 0.6) is 5.75 Å². The zero-order chi connectivity index (χ0) is 23.0. The minimum Gasteiger partial charge on any atom is -0.404 e. The Morgan fingerprint density at radius 3 is 2.59 bits per heavy atom. The summed E-state index contributed by atoms with van der Waals surface area (Å²) in [5.74, 6) is -0.396. The van der Waals surface area contributed by atoms with E-state index >= 15 is 0 Å². The van der Waals surface area contributed by atoms with Crippen molar-refractivity contribution in [3.8, 4) is 17.0 Å². The van der Waals surface area contributed by atoms with Gasteiger partial charge in [-0.1, -0.05) is 18.2 Å². The van der Waals surface area contributed by atoms with Crippen LogP contribution in [0.25, 0.3) is 11.3 Å². The number of fused-ring (bicyclic) bond motifs is 1. The molecule has 1 N–H and O–H groups in total. The first kappa shape index (κ1) is 21.7. The first-order valence-electron chi connectivity index (χ1n) is 10.2. The third kappa shape index (κ3) is 4.42. The van der Waals surface area contributed by atoms with E-state index in [1.54, 1.807) is 21.7 Å². The Kier molecular flexibility index (Phi) is 5.58. The molecule has 0 spiro atoms. The van der Waals surface area contributed by atoms with Crippen LogP contribution >= 0.6 is 0 Å². The van der Waals surface area contributed by atoms with Crippen LogP contribution in [0.3, 0.4) is 0 Å². The fraction of sp³-hybridized carbons (Fsp3) is 0.304. The first-order chi connectivity index (χ1) is 15.1. The number of carbonyl (C=O) groups is 1. The van der Waals surface area contributed by atoms with Crippen molar-refractivity contribution < 1.29 is 22.7 Å². The summed E-state index contributed by atoms with van der Waals surface area (Å²) in [6.07, 6.45) is -2.45. The van der Waals surface area contributed by atoms with Gasteiger partial charge in [-0.05, 0) is 49.2 Å². The molecule has 3 aromatic rings. The Labute approximate surface area is 183 Å². The minimum atomic E-state index is -4.80. The molecule has 32 heavy (non-hydrogen) atoms. The Morgan fingerprint density at radius 2 is 1.94 bits per heavy atom. The van der Waals surface area contributed by atoms with Crippen molar-refractivity contribution in [2.45, 2.75) is 38.7 Å². The number of alkyl halides is 3. The van der Waals surface area contributed by atoms with Crippen LogP contribution in [0.4, 0.5) is 24.5 Å². The average molecular weight is 444 g/mol. The molecule has 0 radical (unpaired) electrons. The van der Waals surface area contributed by atoms with E-state index in [9.17, 15) is 18.0 Å². The van der Waals surface area contributed by atoms with E-state index in [0.29, 0.717) is 6.42 Å². The van der Waals surface area contributed by atoms with E-state index < -0.39 is 6.36 Å². The van der Waals surface area contributed by atoms with E-state index in [1.807, 2.05) is 44.4 Å². The van der Waals surface area contributed by atoms with Gasteiger partial charge in [0.15, 0.2) is 5.75 Å². The second-order valence-corrected chi connectivity index (χ2v) is 7.86. The Morgan fingerprint density at radius 1 is 1.19 bits per heavy atom. The number of nitrogens with one attached hydrogen (secondary N) is 1. The maximum atomic E-state index is 12.9. The van der Waals surface area contributed by atoms with Crippen LogP contribution in [0, 0.1) is 0 Å². The molecule has 1 aromatic heterocycles. The molecule has 0 aliphatic carbocycles. The molecule has 1 aliphatic heterocycles. The van der Waals surface area contributed by atoms with Crippen LogP contribution in [0.2, 0.25) is 0 Å². The minimum absolute atomic E-state index is 0.0939. The summed E-state index contributed by atoms with van der Waals surface area (Å²) in [5.41, 5.74) is 3.38. The third-order valence-electron chi connectivity index (χ3n) is 5.47. The lowest BCUT2D eigenvalue weighted by atomic mass is 9.89. The number of benzene rings is 2. The van der Waals surface area contributed by atoms with Crippen molar-refractivity contribution in [2.75, 3.05) is 10.2 Å². The summed E-state index contributed by atoms with van der Waals surface area (Å²) in [6.45, 7) is 3.43. The predicted molar refractivity (Wildman–Crippen MR) is 115 cm³/mol. The number of hydrogen-bond acceptors (Lipinski definition) is 4. The van der Waals surface area contributed by atoms with Gasteiger partial charge in [-0.25, -0.2) is 0 Å². The smallest absolute Gasteiger partial charge is 0.404 e. The highest BCUT2D eigenvalue weighted by atomic mass is 19.4. The maximum Gasteiger partial charge on any atom is 0.573 e. The van der Waals surface area contributed by atoms with Gasteiger partial charge in [-0.2, -0.15) is 5.10 Å². The number of nitrogens with zero attached hydrogens (tertiary/aromatic N) is 3. The molecule has 1 amide bonds. The maximum absolute atomic E-state index is 12.9. The highest BCUT2D eigenvalue weighted by molar-refractivity contribution is 5.94. The highest BCUT2D eigenvalue weighted by Crippen LogP contribution is 2.42. The topological polar surface area (TPSA) is 59.4 Å². The van der Waals surface area contributed by atoms with Gasteiger partial charge in [0.25, 0.3) is 0 Å². The zero-order valence-corrected chi connectivity index (χ0v) is 17.8. The average Bonchev–Trinajstić information content (AvgIpc) is 3.14. The van der Waals surface area contributed by atoms with E-state index in [0.717, 1.165) is 22.5 Å². The van der Waals surface area contributed by atoms with Gasteiger partial charge in [0.1, 0.15) is 0 Å². The lowest BCUT2D eigenvalue weighted by Crippen LogP contribution is -2.43. The Hall–Kier alpha value is -3.49. The summed E-state index contributed by atoms with van der Waals surface area (Å²) >= 11 is 0. The number of aryl methyl sites for hydroxylation is 1. The molecular formula is C23H23F3N4O2. The van der Waals surface area contributed by atoms with E-state index in [2.05, 4.69) is 15.2 Å². The first-order valence-corrected chi connectivity index (χ1v) is 10.2. The molecule has 0 saturated heterocycles. The molecule has 6 nitrogen and oxygen atoms in total. The third-order valence-corrected chi connectivity index (χ3v) is 5.47. The normalized spacial score (nSPS) is 18.2. The highest BCUT2D eigenvalue weighted by Gasteiger charge is 2.35. The van der Waals surface area contributed by atoms with Crippen LogP contribution in [-0.2, 0) is 11.8 Å². The molecule has 0 fully saturated rings. The second kappa shape index (κ2) is 8.22. The molecular weight excluding hydrogens is 421 g/mol. The molecule has 2 aromatic carbocycles. The molecule has 2 heterocycles. The quantitative estimate of drug-likeness (QED) is 0.595. The number of ether oxygens (including phenoxy) is 1. The zero-order valence-electron chi connectivity index (χ0n) is 17.8. The summed E-state index contributed by atoms with van der Waals surface area (Å²) in [7, 11) is 1.82. The molecule has 4 rings (SSSR count). The van der Waals surface area contributed by atoms with E-state index in [-0.39, 0.29) is 29.4 Å². The van der Waals surface area contributed by atoms with Gasteiger partial charge in [-0.15, -0.1) is 13.2 Å². The number of aromatic nitrogens is 2. The van der Waals surface area contributed by atoms with Crippen LogP contribution in [-0.4, -0.2) is 28.1 Å². The largest absolute Gasteiger partial charge is 0.573 e. The number of carbonyl (C=O) groups excluding carboxylic acids is 1. The SMILES string of the molecule is CC(=O)N1c2ccc(-c3ccn(C)n3)cc2[C@H](Nc2ccccc2OC(F)(F)F)C[C@@H]1C. The van der Waals surface area contributed by atoms with E-state index in [4.69, 9.17) is 0 Å². The number of amides is 1. The van der Waals surface area contributed by atoms with Gasteiger partial charge < -0.3 is 15.0 Å². The molecule has 0 unspecified atom stereocenters. The Bertz CT molecular complexity index is 1140. The van der Waals surface area contributed by atoms with Crippen molar-refractivity contribution in [1.82, 2.24) is 9.78 Å². The lowest BCUT2D eigenvalue weighted by molar-refractivity contribution is -0.274. The summed E-state index contributed by atoms with van der Waals surface area (Å²) < 4.78 is 44.5. The van der Waals surface area contributed by atoms with Crippen LogP contribution < -0.4 is 15.0 Å². The number of hydrogen-bond donors (Lipinski definition) is 1. The predicted octanol–water partition coefficient (Wildman–Crippen LogP) is 5.28. The van der Waals surface area contributed by atoms with Crippen LogP contribution in [0.15, 0.2) is 54.7 Å². The fourth-order valence-corrected chi connectivity index (χ4v) is 4.20. The molecule has 0 bridgehead atoms. The number of para-hydroxylation sites is 2. The molecule has 9 heteroatoms. The van der Waals surface area contributed by atoms with Gasteiger partial charge in [0.05, 0.1) is 17.4 Å². The number of anilines is 2. The van der Waals surface area contributed by atoms with Gasteiger partial charge in [0, 0.05) is 37.5 Å². The molecule has 168 valence electrons. The second-order valence-electron chi connectivity index (χ2n) is 7.86. The van der Waals surface area contributed by atoms with Crippen molar-refractivity contribution in [3.05, 3.63) is 60.3 Å². The van der Waals surface area contributed by atoms with Gasteiger partial charge in [-0.3, -0.25) is 9.48 Å².